The second-order valence-corrected chi connectivity index (χ2v) is 9.69. The standard InChI is InChI=1S/C23H36N4O4/c1-23(2,3)13-18(20(28)24-4)25-21(29)17-9-10-19(27-11-5-6-12-30-15-27)22(26-17)31-14-16-7-8-16/h9-10,16,18H,5-8,11-15H2,1-4H3,(H,24,28)(H,25,29)/t18-/m0/s1. The second kappa shape index (κ2) is 10.3. The minimum absolute atomic E-state index is 0.118. The zero-order chi connectivity index (χ0) is 22.4. The molecule has 1 atom stereocenters. The van der Waals surface area contributed by atoms with Crippen molar-refractivity contribution in [1.29, 1.82) is 0 Å². The maximum Gasteiger partial charge on any atom is 0.270 e. The van der Waals surface area contributed by atoms with Crippen molar-refractivity contribution in [2.75, 3.05) is 38.4 Å². The van der Waals surface area contributed by atoms with Crippen LogP contribution in [0.4, 0.5) is 5.69 Å². The van der Waals surface area contributed by atoms with Gasteiger partial charge in [0.25, 0.3) is 5.91 Å². The third kappa shape index (κ3) is 7.09. The fraction of sp³-hybridized carbons (Fsp3) is 0.696. The van der Waals surface area contributed by atoms with Crippen LogP contribution < -0.4 is 20.3 Å². The Balaban J connectivity index is 1.79. The van der Waals surface area contributed by atoms with Gasteiger partial charge in [-0.25, -0.2) is 4.98 Å². The van der Waals surface area contributed by atoms with E-state index in [1.807, 2.05) is 26.8 Å². The highest BCUT2D eigenvalue weighted by Gasteiger charge is 2.28. The molecule has 1 aliphatic heterocycles. The first-order valence-electron chi connectivity index (χ1n) is 11.3. The first-order valence-corrected chi connectivity index (χ1v) is 11.3. The molecular formula is C23H36N4O4. The highest BCUT2D eigenvalue weighted by molar-refractivity contribution is 5.96. The molecule has 1 aromatic rings. The number of rotatable bonds is 8. The van der Waals surface area contributed by atoms with E-state index in [1.54, 1.807) is 13.1 Å². The number of carbonyl (C=O) groups is 2. The third-order valence-corrected chi connectivity index (χ3v) is 5.46. The maximum atomic E-state index is 13.0. The van der Waals surface area contributed by atoms with Crippen molar-refractivity contribution in [2.45, 2.75) is 58.9 Å². The summed E-state index contributed by atoms with van der Waals surface area (Å²) < 4.78 is 11.7. The van der Waals surface area contributed by atoms with Crippen molar-refractivity contribution in [2.24, 2.45) is 11.3 Å². The van der Waals surface area contributed by atoms with Crippen LogP contribution >= 0.6 is 0 Å². The van der Waals surface area contributed by atoms with E-state index in [9.17, 15) is 9.59 Å². The first-order chi connectivity index (χ1) is 14.8. The van der Waals surface area contributed by atoms with Gasteiger partial charge in [-0.3, -0.25) is 9.59 Å². The lowest BCUT2D eigenvalue weighted by Crippen LogP contribution is -2.47. The molecule has 1 aliphatic carbocycles. The normalized spacial score (nSPS) is 18.1. The van der Waals surface area contributed by atoms with Crippen LogP contribution in [-0.2, 0) is 9.53 Å². The van der Waals surface area contributed by atoms with Gasteiger partial charge >= 0.3 is 0 Å². The van der Waals surface area contributed by atoms with Crippen LogP contribution in [0, 0.1) is 11.3 Å². The molecule has 0 aromatic carbocycles. The van der Waals surface area contributed by atoms with Crippen LogP contribution in [-0.4, -0.2) is 56.4 Å². The van der Waals surface area contributed by atoms with Crippen LogP contribution in [0.15, 0.2) is 12.1 Å². The van der Waals surface area contributed by atoms with E-state index in [0.29, 0.717) is 31.6 Å². The Morgan fingerprint density at radius 2 is 2.06 bits per heavy atom. The number of nitrogens with zero attached hydrogens (tertiary/aromatic N) is 2. The fourth-order valence-electron chi connectivity index (χ4n) is 3.55. The average molecular weight is 433 g/mol. The quantitative estimate of drug-likeness (QED) is 0.656. The Morgan fingerprint density at radius 1 is 1.29 bits per heavy atom. The van der Waals surface area contributed by atoms with Crippen LogP contribution in [0.2, 0.25) is 0 Å². The number of pyridine rings is 1. The zero-order valence-electron chi connectivity index (χ0n) is 19.2. The molecule has 0 radical (unpaired) electrons. The minimum Gasteiger partial charge on any atom is -0.476 e. The molecule has 172 valence electrons. The van der Waals surface area contributed by atoms with E-state index in [0.717, 1.165) is 31.7 Å². The van der Waals surface area contributed by atoms with Gasteiger partial charge in [-0.15, -0.1) is 0 Å². The lowest BCUT2D eigenvalue weighted by atomic mass is 9.87. The van der Waals surface area contributed by atoms with E-state index in [4.69, 9.17) is 9.47 Å². The predicted octanol–water partition coefficient (Wildman–Crippen LogP) is 2.73. The number of anilines is 1. The number of amides is 2. The molecular weight excluding hydrogens is 396 g/mol. The van der Waals surface area contributed by atoms with E-state index in [-0.39, 0.29) is 22.9 Å². The number of hydrogen-bond acceptors (Lipinski definition) is 6. The number of aromatic nitrogens is 1. The molecule has 2 amide bonds. The molecule has 8 heteroatoms. The number of likely N-dealkylation sites (N-methyl/N-ethyl adjacent to an activating group) is 1. The van der Waals surface area contributed by atoms with E-state index in [1.165, 1.54) is 12.8 Å². The lowest BCUT2D eigenvalue weighted by Gasteiger charge is -2.26. The molecule has 2 heterocycles. The van der Waals surface area contributed by atoms with Crippen molar-refractivity contribution < 1.29 is 19.1 Å². The number of nitrogens with one attached hydrogen (secondary N) is 2. The second-order valence-electron chi connectivity index (χ2n) is 9.69. The summed E-state index contributed by atoms with van der Waals surface area (Å²) in [6, 6.07) is 2.93. The highest BCUT2D eigenvalue weighted by atomic mass is 16.5. The van der Waals surface area contributed by atoms with Gasteiger partial charge < -0.3 is 25.0 Å². The summed E-state index contributed by atoms with van der Waals surface area (Å²) in [5, 5.41) is 5.48. The molecule has 1 saturated heterocycles. The van der Waals surface area contributed by atoms with Crippen molar-refractivity contribution in [3.8, 4) is 5.88 Å². The van der Waals surface area contributed by atoms with E-state index in [2.05, 4.69) is 20.5 Å². The Morgan fingerprint density at radius 3 is 2.74 bits per heavy atom. The molecule has 31 heavy (non-hydrogen) atoms. The van der Waals surface area contributed by atoms with Crippen LogP contribution in [0.1, 0.15) is 63.4 Å². The Kier molecular flexibility index (Phi) is 7.75. The van der Waals surface area contributed by atoms with E-state index < -0.39 is 6.04 Å². The average Bonchev–Trinajstić information content (AvgIpc) is 3.57. The van der Waals surface area contributed by atoms with Gasteiger partial charge in [-0.05, 0) is 55.6 Å². The molecule has 2 fully saturated rings. The molecule has 0 spiro atoms. The van der Waals surface area contributed by atoms with E-state index >= 15 is 0 Å². The van der Waals surface area contributed by atoms with Crippen molar-refractivity contribution in [1.82, 2.24) is 15.6 Å². The SMILES string of the molecule is CNC(=O)[C@H](CC(C)(C)C)NC(=O)c1ccc(N2CCCCOC2)c(OCC2CC2)n1. The molecule has 2 aliphatic rings. The summed E-state index contributed by atoms with van der Waals surface area (Å²) in [7, 11) is 1.57. The Bertz CT molecular complexity index is 765. The molecule has 2 N–H and O–H groups in total. The fourth-order valence-corrected chi connectivity index (χ4v) is 3.55. The molecule has 3 rings (SSSR count). The summed E-state index contributed by atoms with van der Waals surface area (Å²) in [5.74, 6) is 0.425. The van der Waals surface area contributed by atoms with Crippen molar-refractivity contribution in [3.63, 3.8) is 0 Å². The van der Waals surface area contributed by atoms with Gasteiger partial charge in [0.15, 0.2) is 0 Å². The van der Waals surface area contributed by atoms with Gasteiger partial charge in [0.2, 0.25) is 11.8 Å². The molecule has 1 saturated carbocycles. The summed E-state index contributed by atoms with van der Waals surface area (Å²) in [6.07, 6.45) is 4.92. The molecule has 1 aromatic heterocycles. The minimum atomic E-state index is -0.631. The van der Waals surface area contributed by atoms with Crippen LogP contribution in [0.25, 0.3) is 0 Å². The number of carbonyl (C=O) groups excluding carboxylic acids is 2. The largest absolute Gasteiger partial charge is 0.476 e. The summed E-state index contributed by atoms with van der Waals surface area (Å²) in [4.78, 5) is 31.9. The predicted molar refractivity (Wildman–Crippen MR) is 119 cm³/mol. The number of ether oxygens (including phenoxy) is 2. The summed E-state index contributed by atoms with van der Waals surface area (Å²) in [5.41, 5.74) is 0.970. The monoisotopic (exact) mass is 432 g/mol. The van der Waals surface area contributed by atoms with Crippen molar-refractivity contribution >= 4 is 17.5 Å². The maximum absolute atomic E-state index is 13.0. The molecule has 0 unspecified atom stereocenters. The summed E-state index contributed by atoms with van der Waals surface area (Å²) >= 11 is 0. The smallest absolute Gasteiger partial charge is 0.270 e. The zero-order valence-corrected chi connectivity index (χ0v) is 19.2. The van der Waals surface area contributed by atoms with Gasteiger partial charge in [-0.1, -0.05) is 20.8 Å². The highest BCUT2D eigenvalue weighted by Crippen LogP contribution is 2.33. The summed E-state index contributed by atoms with van der Waals surface area (Å²) in [6.45, 7) is 8.80. The molecule has 0 bridgehead atoms. The number of hydrogen-bond donors (Lipinski definition) is 2. The molecule has 8 nitrogen and oxygen atoms in total. The Hall–Kier alpha value is -2.35. The topological polar surface area (TPSA) is 92.8 Å². The first kappa shape index (κ1) is 23.3. The van der Waals surface area contributed by atoms with Gasteiger partial charge in [0.05, 0.1) is 6.61 Å². The Labute approximate surface area is 185 Å². The van der Waals surface area contributed by atoms with Gasteiger partial charge in [0, 0.05) is 20.2 Å². The third-order valence-electron chi connectivity index (χ3n) is 5.46. The van der Waals surface area contributed by atoms with Crippen LogP contribution in [0.5, 0.6) is 5.88 Å². The van der Waals surface area contributed by atoms with Crippen LogP contribution in [0.3, 0.4) is 0 Å². The van der Waals surface area contributed by atoms with Gasteiger partial charge in [0.1, 0.15) is 24.2 Å². The lowest BCUT2D eigenvalue weighted by molar-refractivity contribution is -0.123. The van der Waals surface area contributed by atoms with Crippen molar-refractivity contribution in [3.05, 3.63) is 17.8 Å². The van der Waals surface area contributed by atoms with Gasteiger partial charge in [-0.2, -0.15) is 0 Å².